The number of hydrogen-bond acceptors (Lipinski definition) is 6. The van der Waals surface area contributed by atoms with Crippen LogP contribution in [0, 0.1) is 5.82 Å². The zero-order valence-corrected chi connectivity index (χ0v) is 18.7. The molecule has 0 aliphatic heterocycles. The molecule has 154 valence electrons. The van der Waals surface area contributed by atoms with E-state index < -0.39 is 0 Å². The predicted molar refractivity (Wildman–Crippen MR) is 123 cm³/mol. The van der Waals surface area contributed by atoms with Crippen LogP contribution in [0.15, 0.2) is 41.1 Å². The van der Waals surface area contributed by atoms with Gasteiger partial charge in [0.2, 0.25) is 0 Å². The highest BCUT2D eigenvalue weighted by molar-refractivity contribution is 9.10. The molecule has 9 heteroatoms. The second kappa shape index (κ2) is 7.47. The molecule has 0 bridgehead atoms. The van der Waals surface area contributed by atoms with Crippen molar-refractivity contribution >= 4 is 50.1 Å². The third kappa shape index (κ3) is 3.44. The van der Waals surface area contributed by atoms with Crippen LogP contribution in [0.2, 0.25) is 0 Å². The fraction of sp³-hybridized carbons (Fsp3) is 0.286. The Morgan fingerprint density at radius 2 is 2.13 bits per heavy atom. The minimum absolute atomic E-state index is 0.205. The van der Waals surface area contributed by atoms with E-state index in [-0.39, 0.29) is 11.4 Å². The number of pyridine rings is 1. The fourth-order valence-electron chi connectivity index (χ4n) is 3.68. The van der Waals surface area contributed by atoms with Gasteiger partial charge < -0.3 is 11.1 Å². The number of nitrogens with two attached hydrogens (primary N) is 1. The number of hydrogen-bond donors (Lipinski definition) is 2. The molecule has 3 heterocycles. The van der Waals surface area contributed by atoms with Crippen LogP contribution < -0.4 is 11.1 Å². The minimum atomic E-state index is -0.291. The summed E-state index contributed by atoms with van der Waals surface area (Å²) in [6.45, 7) is 0.619. The van der Waals surface area contributed by atoms with Crippen LogP contribution in [-0.2, 0) is 6.54 Å². The van der Waals surface area contributed by atoms with E-state index in [1.807, 2.05) is 17.8 Å². The Hall–Kier alpha value is -2.23. The third-order valence-corrected chi connectivity index (χ3v) is 7.26. The molecule has 0 unspecified atom stereocenters. The van der Waals surface area contributed by atoms with Crippen LogP contribution in [0.4, 0.5) is 10.2 Å². The van der Waals surface area contributed by atoms with Crippen molar-refractivity contribution in [3.8, 4) is 11.1 Å². The Kier molecular flexibility index (Phi) is 4.91. The van der Waals surface area contributed by atoms with Crippen molar-refractivity contribution in [2.75, 3.05) is 17.7 Å². The van der Waals surface area contributed by atoms with Gasteiger partial charge in [0.1, 0.15) is 11.6 Å². The van der Waals surface area contributed by atoms with Gasteiger partial charge in [-0.15, -0.1) is 0 Å². The van der Waals surface area contributed by atoms with E-state index in [9.17, 15) is 4.39 Å². The van der Waals surface area contributed by atoms with Crippen LogP contribution >= 0.6 is 27.7 Å². The first-order valence-electron chi connectivity index (χ1n) is 9.61. The molecule has 5 rings (SSSR count). The highest BCUT2D eigenvalue weighted by Crippen LogP contribution is 2.38. The molecule has 3 aromatic heterocycles. The molecule has 0 atom stereocenters. The topological polar surface area (TPSA) is 81.1 Å². The second-order valence-corrected chi connectivity index (χ2v) is 9.34. The van der Waals surface area contributed by atoms with E-state index in [1.54, 1.807) is 23.0 Å². The maximum Gasteiger partial charge on any atom is 0.165 e. The molecule has 1 fully saturated rings. The first-order valence-corrected chi connectivity index (χ1v) is 11.8. The molecular formula is C21H20BrFN6S. The Balaban J connectivity index is 1.56. The van der Waals surface area contributed by atoms with Crippen molar-refractivity contribution in [2.45, 2.75) is 24.9 Å². The summed E-state index contributed by atoms with van der Waals surface area (Å²) in [7, 11) is 0. The molecule has 0 amide bonds. The van der Waals surface area contributed by atoms with Gasteiger partial charge in [-0.3, -0.25) is 4.98 Å². The number of nitrogens with one attached hydrogen (secondary N) is 1. The molecule has 1 aliphatic carbocycles. The zero-order valence-electron chi connectivity index (χ0n) is 16.3. The smallest absolute Gasteiger partial charge is 0.165 e. The summed E-state index contributed by atoms with van der Waals surface area (Å²) in [6.07, 6.45) is 7.97. The highest BCUT2D eigenvalue weighted by Gasteiger charge is 2.41. The minimum Gasteiger partial charge on any atom is -0.383 e. The lowest BCUT2D eigenvalue weighted by molar-refractivity contribution is 0.538. The van der Waals surface area contributed by atoms with Gasteiger partial charge in [-0.2, -0.15) is 21.4 Å². The van der Waals surface area contributed by atoms with Crippen molar-refractivity contribution in [1.82, 2.24) is 24.9 Å². The van der Waals surface area contributed by atoms with Gasteiger partial charge in [0.25, 0.3) is 0 Å². The van der Waals surface area contributed by atoms with Crippen LogP contribution in [0.1, 0.15) is 18.5 Å². The number of halogens is 2. The maximum absolute atomic E-state index is 13.7. The summed E-state index contributed by atoms with van der Waals surface area (Å²) in [6, 6.07) is 6.46. The SMILES string of the molecule is CSCC1(NCc2nc3c(-c4cnc5ccc(F)cc5c4)cnn3c(N)c2Br)CC1. The van der Waals surface area contributed by atoms with E-state index in [2.05, 4.69) is 37.6 Å². The van der Waals surface area contributed by atoms with Gasteiger partial charge >= 0.3 is 0 Å². The maximum atomic E-state index is 13.7. The summed E-state index contributed by atoms with van der Waals surface area (Å²) in [5.74, 6) is 1.29. The summed E-state index contributed by atoms with van der Waals surface area (Å²) < 4.78 is 16.0. The average molecular weight is 487 g/mol. The number of rotatable bonds is 6. The lowest BCUT2D eigenvalue weighted by Crippen LogP contribution is -2.33. The first-order chi connectivity index (χ1) is 14.5. The van der Waals surface area contributed by atoms with E-state index in [0.717, 1.165) is 37.9 Å². The Morgan fingerprint density at radius 1 is 1.30 bits per heavy atom. The second-order valence-electron chi connectivity index (χ2n) is 7.68. The molecule has 0 saturated heterocycles. The van der Waals surface area contributed by atoms with E-state index >= 15 is 0 Å². The van der Waals surface area contributed by atoms with Crippen LogP contribution in [0.3, 0.4) is 0 Å². The normalized spacial score (nSPS) is 15.2. The Morgan fingerprint density at radius 3 is 2.90 bits per heavy atom. The molecule has 30 heavy (non-hydrogen) atoms. The number of aromatic nitrogens is 4. The largest absolute Gasteiger partial charge is 0.383 e. The molecule has 4 aromatic rings. The first kappa shape index (κ1) is 19.7. The Labute approximate surface area is 185 Å². The number of thioether (sulfide) groups is 1. The molecule has 1 aliphatic rings. The Bertz CT molecular complexity index is 1270. The van der Waals surface area contributed by atoms with Gasteiger partial charge in [-0.25, -0.2) is 9.37 Å². The van der Waals surface area contributed by atoms with Gasteiger partial charge in [0.05, 0.1) is 21.9 Å². The molecule has 0 spiro atoms. The quantitative estimate of drug-likeness (QED) is 0.419. The van der Waals surface area contributed by atoms with Crippen molar-refractivity contribution in [3.05, 3.63) is 52.6 Å². The number of nitrogens with zero attached hydrogens (tertiary/aromatic N) is 4. The predicted octanol–water partition coefficient (Wildman–Crippen LogP) is 4.41. The summed E-state index contributed by atoms with van der Waals surface area (Å²) in [4.78, 5) is 9.32. The van der Waals surface area contributed by atoms with Crippen LogP contribution in [-0.4, -0.2) is 37.1 Å². The fourth-order valence-corrected chi connectivity index (χ4v) is 5.02. The average Bonchev–Trinajstić information content (AvgIpc) is 3.37. The highest BCUT2D eigenvalue weighted by atomic mass is 79.9. The molecule has 6 nitrogen and oxygen atoms in total. The molecule has 1 aromatic carbocycles. The third-order valence-electron chi connectivity index (χ3n) is 5.55. The lowest BCUT2D eigenvalue weighted by Gasteiger charge is -2.17. The van der Waals surface area contributed by atoms with E-state index in [4.69, 9.17) is 10.7 Å². The van der Waals surface area contributed by atoms with Gasteiger partial charge in [-0.05, 0) is 59.3 Å². The number of benzene rings is 1. The molecule has 3 N–H and O–H groups in total. The lowest BCUT2D eigenvalue weighted by atomic mass is 10.1. The zero-order chi connectivity index (χ0) is 20.9. The standard InChI is InChI=1S/C21H20BrFN6S/c1-30-11-21(4-5-21)26-10-17-18(22)19(24)29-20(28-17)15(9-27-29)13-6-12-7-14(23)2-3-16(12)25-8-13/h2-3,6-9,26H,4-5,10-11,24H2,1H3. The van der Waals surface area contributed by atoms with Gasteiger partial charge in [0, 0.05) is 40.5 Å². The number of anilines is 1. The van der Waals surface area contributed by atoms with Gasteiger partial charge in [0.15, 0.2) is 5.65 Å². The van der Waals surface area contributed by atoms with Gasteiger partial charge in [-0.1, -0.05) is 0 Å². The van der Waals surface area contributed by atoms with Crippen molar-refractivity contribution in [2.24, 2.45) is 0 Å². The summed E-state index contributed by atoms with van der Waals surface area (Å²) in [5, 5.41) is 8.80. The van der Waals surface area contributed by atoms with Crippen molar-refractivity contribution in [3.63, 3.8) is 0 Å². The number of nitrogen functional groups attached to an aromatic ring is 1. The molecule has 0 radical (unpaired) electrons. The van der Waals surface area contributed by atoms with Crippen LogP contribution in [0.25, 0.3) is 27.7 Å². The number of fused-ring (bicyclic) bond motifs is 2. The summed E-state index contributed by atoms with van der Waals surface area (Å²) >= 11 is 5.44. The van der Waals surface area contributed by atoms with Crippen molar-refractivity contribution < 1.29 is 4.39 Å². The van der Waals surface area contributed by atoms with Crippen molar-refractivity contribution in [1.29, 1.82) is 0 Å². The monoisotopic (exact) mass is 486 g/mol. The van der Waals surface area contributed by atoms with Crippen LogP contribution in [0.5, 0.6) is 0 Å². The summed E-state index contributed by atoms with van der Waals surface area (Å²) in [5.41, 5.74) is 10.4. The molecule has 1 saturated carbocycles. The molecular weight excluding hydrogens is 467 g/mol. The van der Waals surface area contributed by atoms with E-state index in [0.29, 0.717) is 18.0 Å². The van der Waals surface area contributed by atoms with E-state index in [1.165, 1.54) is 25.0 Å².